The van der Waals surface area contributed by atoms with Crippen LogP contribution in [0, 0.1) is 0 Å². The van der Waals surface area contributed by atoms with Crippen molar-refractivity contribution in [2.24, 2.45) is 5.73 Å². The van der Waals surface area contributed by atoms with Crippen LogP contribution in [0.15, 0.2) is 30.3 Å². The molecule has 1 unspecified atom stereocenters. The molecule has 2 rings (SSSR count). The normalized spacial score (nSPS) is 19.4. The number of benzene rings is 1. The molecule has 0 spiro atoms. The topological polar surface area (TPSA) is 92.5 Å². The number of amides is 3. The van der Waals surface area contributed by atoms with Gasteiger partial charge in [-0.25, -0.2) is 0 Å². The third-order valence-electron chi connectivity index (χ3n) is 2.91. The fourth-order valence-electron chi connectivity index (χ4n) is 1.89. The van der Waals surface area contributed by atoms with Crippen LogP contribution in [0.3, 0.4) is 0 Å². The quantitative estimate of drug-likeness (QED) is 0.755. The van der Waals surface area contributed by atoms with E-state index in [4.69, 9.17) is 5.73 Å². The van der Waals surface area contributed by atoms with E-state index in [1.54, 1.807) is 24.3 Å². The molecule has 1 aliphatic heterocycles. The largest absolute Gasteiger partial charge is 0.325 e. The molecule has 0 saturated carbocycles. The predicted octanol–water partition coefficient (Wildman–Crippen LogP) is 0.101. The highest BCUT2D eigenvalue weighted by Crippen LogP contribution is 2.12. The lowest BCUT2D eigenvalue weighted by atomic mass is 10.1. The Morgan fingerprint density at radius 2 is 2.00 bits per heavy atom. The number of nitrogens with one attached hydrogen (secondary N) is 1. The Hall–Kier alpha value is -2.21. The first-order valence-corrected chi connectivity index (χ1v) is 6.02. The lowest BCUT2D eigenvalue weighted by Gasteiger charge is -2.28. The highest BCUT2D eigenvalue weighted by Gasteiger charge is 2.33. The van der Waals surface area contributed by atoms with Crippen molar-refractivity contribution in [3.63, 3.8) is 0 Å². The Balaban J connectivity index is 1.98. The Bertz CT molecular complexity index is 501. The second-order valence-corrected chi connectivity index (χ2v) is 4.38. The first kappa shape index (κ1) is 13.2. The van der Waals surface area contributed by atoms with Gasteiger partial charge in [-0.3, -0.25) is 19.3 Å². The van der Waals surface area contributed by atoms with Crippen molar-refractivity contribution in [3.8, 4) is 0 Å². The maximum atomic E-state index is 11.8. The van der Waals surface area contributed by atoms with Gasteiger partial charge < -0.3 is 11.1 Å². The van der Waals surface area contributed by atoms with E-state index in [-0.39, 0.29) is 18.9 Å². The summed E-state index contributed by atoms with van der Waals surface area (Å²) in [6.07, 6.45) is 0.542. The van der Waals surface area contributed by atoms with Crippen LogP contribution in [0.25, 0.3) is 0 Å². The van der Waals surface area contributed by atoms with E-state index in [0.29, 0.717) is 12.1 Å². The summed E-state index contributed by atoms with van der Waals surface area (Å²) in [6, 6.07) is 8.15. The molecule has 1 fully saturated rings. The van der Waals surface area contributed by atoms with Gasteiger partial charge in [-0.05, 0) is 18.6 Å². The molecule has 1 aliphatic rings. The first-order chi connectivity index (χ1) is 9.08. The number of anilines is 1. The summed E-state index contributed by atoms with van der Waals surface area (Å²) in [6.45, 7) is -0.291. The smallest absolute Gasteiger partial charge is 0.246 e. The molecular formula is C13H15N3O3. The highest BCUT2D eigenvalue weighted by molar-refractivity contribution is 6.05. The Morgan fingerprint density at radius 1 is 1.32 bits per heavy atom. The predicted molar refractivity (Wildman–Crippen MR) is 69.0 cm³/mol. The van der Waals surface area contributed by atoms with Gasteiger partial charge in [-0.2, -0.15) is 0 Å². The van der Waals surface area contributed by atoms with E-state index in [1.807, 2.05) is 6.07 Å². The minimum absolute atomic E-state index is 0.200. The number of carbonyl (C=O) groups is 3. The summed E-state index contributed by atoms with van der Waals surface area (Å²) in [5.74, 6) is -1.25. The summed E-state index contributed by atoms with van der Waals surface area (Å²) in [5.41, 5.74) is 6.20. The number of nitrogens with zero attached hydrogens (tertiary/aromatic N) is 1. The molecule has 6 nitrogen and oxygen atoms in total. The number of rotatable bonds is 3. The zero-order chi connectivity index (χ0) is 13.8. The van der Waals surface area contributed by atoms with Gasteiger partial charge in [0.1, 0.15) is 6.54 Å². The standard InChI is InChI=1S/C13H15N3O3/c14-10-6-7-12(18)16(13(10)19)8-11(17)15-9-4-2-1-3-5-9/h1-5,10H,6-8,14H2,(H,15,17). The fourth-order valence-corrected chi connectivity index (χ4v) is 1.89. The van der Waals surface area contributed by atoms with E-state index in [2.05, 4.69) is 5.32 Å². The van der Waals surface area contributed by atoms with E-state index < -0.39 is 17.9 Å². The average molecular weight is 261 g/mol. The average Bonchev–Trinajstić information content (AvgIpc) is 2.40. The summed E-state index contributed by atoms with van der Waals surface area (Å²) >= 11 is 0. The molecule has 6 heteroatoms. The molecule has 0 aliphatic carbocycles. The van der Waals surface area contributed by atoms with Crippen molar-refractivity contribution < 1.29 is 14.4 Å². The Labute approximate surface area is 110 Å². The van der Waals surface area contributed by atoms with Crippen molar-refractivity contribution in [1.82, 2.24) is 4.90 Å². The molecule has 3 N–H and O–H groups in total. The lowest BCUT2D eigenvalue weighted by molar-refractivity contribution is -0.151. The number of hydrogen-bond donors (Lipinski definition) is 2. The van der Waals surface area contributed by atoms with Crippen LogP contribution in [0.5, 0.6) is 0 Å². The molecule has 1 atom stereocenters. The van der Waals surface area contributed by atoms with Crippen molar-refractivity contribution in [3.05, 3.63) is 30.3 Å². The van der Waals surface area contributed by atoms with Gasteiger partial charge in [0.25, 0.3) is 0 Å². The summed E-state index contributed by atoms with van der Waals surface area (Å²) in [4.78, 5) is 36.0. The van der Waals surface area contributed by atoms with Crippen LogP contribution in [0.2, 0.25) is 0 Å². The monoisotopic (exact) mass is 261 g/mol. The van der Waals surface area contributed by atoms with Crippen LogP contribution < -0.4 is 11.1 Å². The lowest BCUT2D eigenvalue weighted by Crippen LogP contribution is -2.53. The van der Waals surface area contributed by atoms with Crippen LogP contribution >= 0.6 is 0 Å². The number of carbonyl (C=O) groups excluding carboxylic acids is 3. The van der Waals surface area contributed by atoms with Gasteiger partial charge >= 0.3 is 0 Å². The molecule has 3 amide bonds. The molecule has 1 saturated heterocycles. The molecule has 1 aromatic rings. The van der Waals surface area contributed by atoms with Crippen molar-refractivity contribution in [2.45, 2.75) is 18.9 Å². The number of para-hydroxylation sites is 1. The maximum absolute atomic E-state index is 11.8. The molecule has 19 heavy (non-hydrogen) atoms. The van der Waals surface area contributed by atoms with E-state index in [0.717, 1.165) is 4.90 Å². The number of nitrogens with two attached hydrogens (primary N) is 1. The van der Waals surface area contributed by atoms with E-state index in [9.17, 15) is 14.4 Å². The molecule has 1 aromatic carbocycles. The van der Waals surface area contributed by atoms with Crippen LogP contribution in [-0.2, 0) is 14.4 Å². The van der Waals surface area contributed by atoms with Crippen LogP contribution in [0.4, 0.5) is 5.69 Å². The zero-order valence-corrected chi connectivity index (χ0v) is 10.3. The number of imide groups is 1. The van der Waals surface area contributed by atoms with Crippen molar-refractivity contribution in [2.75, 3.05) is 11.9 Å². The molecule has 0 aromatic heterocycles. The summed E-state index contributed by atoms with van der Waals surface area (Å²) < 4.78 is 0. The Morgan fingerprint density at radius 3 is 2.68 bits per heavy atom. The minimum atomic E-state index is -0.692. The molecule has 0 bridgehead atoms. The SMILES string of the molecule is NC1CCC(=O)N(CC(=O)Nc2ccccc2)C1=O. The highest BCUT2D eigenvalue weighted by atomic mass is 16.2. The zero-order valence-electron chi connectivity index (χ0n) is 10.3. The molecular weight excluding hydrogens is 246 g/mol. The third-order valence-corrected chi connectivity index (χ3v) is 2.91. The van der Waals surface area contributed by atoms with Crippen LogP contribution in [-0.4, -0.2) is 35.2 Å². The number of hydrogen-bond acceptors (Lipinski definition) is 4. The van der Waals surface area contributed by atoms with Crippen LogP contribution in [0.1, 0.15) is 12.8 Å². The van der Waals surface area contributed by atoms with Gasteiger partial charge in [0.2, 0.25) is 17.7 Å². The van der Waals surface area contributed by atoms with Crippen molar-refractivity contribution >= 4 is 23.4 Å². The van der Waals surface area contributed by atoms with Gasteiger partial charge in [-0.1, -0.05) is 18.2 Å². The summed E-state index contributed by atoms with van der Waals surface area (Å²) in [7, 11) is 0. The van der Waals surface area contributed by atoms with E-state index >= 15 is 0 Å². The molecule has 1 heterocycles. The van der Waals surface area contributed by atoms with Gasteiger partial charge in [0, 0.05) is 12.1 Å². The van der Waals surface area contributed by atoms with Gasteiger partial charge in [0.15, 0.2) is 0 Å². The Kier molecular flexibility index (Phi) is 3.91. The second-order valence-electron chi connectivity index (χ2n) is 4.38. The minimum Gasteiger partial charge on any atom is -0.325 e. The fraction of sp³-hybridized carbons (Fsp3) is 0.308. The maximum Gasteiger partial charge on any atom is 0.246 e. The number of piperidine rings is 1. The van der Waals surface area contributed by atoms with E-state index in [1.165, 1.54) is 0 Å². The number of likely N-dealkylation sites (tertiary alicyclic amines) is 1. The van der Waals surface area contributed by atoms with Gasteiger partial charge in [-0.15, -0.1) is 0 Å². The third kappa shape index (κ3) is 3.17. The molecule has 100 valence electrons. The summed E-state index contributed by atoms with van der Waals surface area (Å²) in [5, 5.41) is 2.62. The van der Waals surface area contributed by atoms with Gasteiger partial charge in [0.05, 0.1) is 6.04 Å². The van der Waals surface area contributed by atoms with Crippen molar-refractivity contribution in [1.29, 1.82) is 0 Å². The second kappa shape index (κ2) is 5.62. The first-order valence-electron chi connectivity index (χ1n) is 6.02. The molecule has 0 radical (unpaired) electrons.